The number of carbonyl (C=O) groups excluding carboxylic acids is 1. The van der Waals surface area contributed by atoms with Gasteiger partial charge in [-0.2, -0.15) is 4.99 Å². The van der Waals surface area contributed by atoms with E-state index < -0.39 is 5.92 Å². The first-order chi connectivity index (χ1) is 14.6. The fraction of sp³-hybridized carbons (Fsp3) is 0.120. The van der Waals surface area contributed by atoms with Crippen molar-refractivity contribution < 1.29 is 4.79 Å². The van der Waals surface area contributed by atoms with Crippen LogP contribution in [-0.2, 0) is 11.3 Å². The van der Waals surface area contributed by atoms with E-state index in [1.165, 1.54) is 11.3 Å². The fourth-order valence-corrected chi connectivity index (χ4v) is 4.88. The number of rotatable bonds is 5. The molecule has 3 nitrogen and oxygen atoms in total. The first-order valence-electron chi connectivity index (χ1n) is 9.68. The van der Waals surface area contributed by atoms with Crippen LogP contribution in [0.5, 0.6) is 0 Å². The quantitative estimate of drug-likeness (QED) is 0.350. The third kappa shape index (κ3) is 3.89. The molecule has 0 fully saturated rings. The highest BCUT2D eigenvalue weighted by atomic mass is 35.5. The summed E-state index contributed by atoms with van der Waals surface area (Å²) in [6.45, 7) is 6.40. The molecule has 150 valence electrons. The molecule has 1 aromatic heterocycles. The lowest BCUT2D eigenvalue weighted by atomic mass is 9.91. The number of aromatic nitrogens is 1. The summed E-state index contributed by atoms with van der Waals surface area (Å²) in [4.78, 5) is 18.7. The van der Waals surface area contributed by atoms with Crippen LogP contribution in [0.4, 0.5) is 0 Å². The maximum absolute atomic E-state index is 13.5. The van der Waals surface area contributed by atoms with E-state index in [9.17, 15) is 4.79 Å². The van der Waals surface area contributed by atoms with Gasteiger partial charge in [-0.3, -0.25) is 4.79 Å². The number of benzene rings is 3. The van der Waals surface area contributed by atoms with Gasteiger partial charge >= 0.3 is 0 Å². The van der Waals surface area contributed by atoms with Crippen LogP contribution in [0.1, 0.15) is 22.6 Å². The summed E-state index contributed by atoms with van der Waals surface area (Å²) >= 11 is 7.85. The molecule has 0 radical (unpaired) electrons. The number of hydrogen-bond donors (Lipinski definition) is 0. The van der Waals surface area contributed by atoms with Gasteiger partial charge in [0.2, 0.25) is 0 Å². The van der Waals surface area contributed by atoms with Gasteiger partial charge in [0.1, 0.15) is 0 Å². The molecule has 0 N–H and O–H groups in total. The molecule has 0 unspecified atom stereocenters. The van der Waals surface area contributed by atoms with E-state index in [1.54, 1.807) is 0 Å². The monoisotopic (exact) mass is 432 g/mol. The van der Waals surface area contributed by atoms with Crippen molar-refractivity contribution in [3.63, 3.8) is 0 Å². The normalized spacial score (nSPS) is 11.9. The minimum absolute atomic E-state index is 0.194. The number of amides is 1. The average molecular weight is 433 g/mol. The van der Waals surface area contributed by atoms with Crippen molar-refractivity contribution in [2.24, 2.45) is 4.99 Å². The van der Waals surface area contributed by atoms with Crippen LogP contribution in [0.15, 0.2) is 90.4 Å². The highest BCUT2D eigenvalue weighted by Gasteiger charge is 2.23. The second-order valence-corrected chi connectivity index (χ2v) is 8.42. The van der Waals surface area contributed by atoms with Crippen molar-refractivity contribution in [1.82, 2.24) is 4.57 Å². The van der Waals surface area contributed by atoms with E-state index in [2.05, 4.69) is 11.6 Å². The van der Waals surface area contributed by atoms with Crippen molar-refractivity contribution in [2.45, 2.75) is 19.4 Å². The molecule has 4 aromatic rings. The van der Waals surface area contributed by atoms with Gasteiger partial charge in [0.05, 0.1) is 16.1 Å². The average Bonchev–Trinajstić information content (AvgIpc) is 3.10. The van der Waals surface area contributed by atoms with Crippen LogP contribution >= 0.6 is 22.9 Å². The van der Waals surface area contributed by atoms with Gasteiger partial charge in [-0.15, -0.1) is 6.58 Å². The van der Waals surface area contributed by atoms with Gasteiger partial charge in [-0.25, -0.2) is 0 Å². The molecule has 1 heterocycles. The number of thiazole rings is 1. The van der Waals surface area contributed by atoms with Crippen LogP contribution in [0, 0.1) is 6.92 Å². The SMILES string of the molecule is C=CCn1c(=NC(=O)C(c2ccccc2)c2ccccc2)sc2ccc(Cl)c(C)c21. The Morgan fingerprint density at radius 3 is 2.23 bits per heavy atom. The Kier molecular flexibility index (Phi) is 5.98. The summed E-state index contributed by atoms with van der Waals surface area (Å²) in [6, 6.07) is 23.4. The Hall–Kier alpha value is -2.95. The molecule has 4 rings (SSSR count). The molecule has 0 aliphatic carbocycles. The number of allylic oxidation sites excluding steroid dienone is 1. The molecular formula is C25H21ClN2OS. The minimum atomic E-state index is -0.459. The topological polar surface area (TPSA) is 34.4 Å². The third-order valence-corrected chi connectivity index (χ3v) is 6.51. The predicted octanol–water partition coefficient (Wildman–Crippen LogP) is 6.11. The summed E-state index contributed by atoms with van der Waals surface area (Å²) < 4.78 is 3.06. The number of halogens is 1. The molecule has 3 aromatic carbocycles. The van der Waals surface area contributed by atoms with E-state index in [1.807, 2.05) is 90.4 Å². The van der Waals surface area contributed by atoms with E-state index in [0.717, 1.165) is 26.9 Å². The van der Waals surface area contributed by atoms with Crippen molar-refractivity contribution in [3.05, 3.63) is 112 Å². The van der Waals surface area contributed by atoms with Crippen LogP contribution < -0.4 is 4.80 Å². The lowest BCUT2D eigenvalue weighted by molar-refractivity contribution is -0.118. The van der Waals surface area contributed by atoms with E-state index in [-0.39, 0.29) is 5.91 Å². The van der Waals surface area contributed by atoms with Gasteiger partial charge in [-0.05, 0) is 35.7 Å². The zero-order valence-electron chi connectivity index (χ0n) is 16.6. The minimum Gasteiger partial charge on any atom is -0.312 e. The Morgan fingerprint density at radius 2 is 1.67 bits per heavy atom. The van der Waals surface area contributed by atoms with Gasteiger partial charge in [0, 0.05) is 11.6 Å². The summed E-state index contributed by atoms with van der Waals surface area (Å²) in [7, 11) is 0. The first-order valence-corrected chi connectivity index (χ1v) is 10.9. The van der Waals surface area contributed by atoms with Gasteiger partial charge in [0.25, 0.3) is 5.91 Å². The molecular weight excluding hydrogens is 412 g/mol. The standard InChI is InChI=1S/C25H21ClN2OS/c1-3-16-28-23-17(2)20(26)14-15-21(23)30-25(28)27-24(29)22(18-10-6-4-7-11-18)19-12-8-5-9-13-19/h3-15,22H,1,16H2,2H3. The summed E-state index contributed by atoms with van der Waals surface area (Å²) in [5.41, 5.74) is 3.82. The van der Waals surface area contributed by atoms with Crippen molar-refractivity contribution in [3.8, 4) is 0 Å². The van der Waals surface area contributed by atoms with E-state index >= 15 is 0 Å². The second-order valence-electron chi connectivity index (χ2n) is 7.01. The Morgan fingerprint density at radius 1 is 1.07 bits per heavy atom. The van der Waals surface area contributed by atoms with Crippen LogP contribution in [-0.4, -0.2) is 10.5 Å². The Balaban J connectivity index is 1.90. The lowest BCUT2D eigenvalue weighted by Gasteiger charge is -2.14. The maximum Gasteiger partial charge on any atom is 0.260 e. The molecule has 0 aliphatic rings. The zero-order chi connectivity index (χ0) is 21.1. The first kappa shape index (κ1) is 20.3. The van der Waals surface area contributed by atoms with E-state index in [0.29, 0.717) is 16.4 Å². The van der Waals surface area contributed by atoms with Crippen molar-refractivity contribution in [2.75, 3.05) is 0 Å². The molecule has 0 aliphatic heterocycles. The Bertz CT molecular complexity index is 1230. The van der Waals surface area contributed by atoms with Gasteiger partial charge in [0.15, 0.2) is 4.80 Å². The molecule has 0 saturated heterocycles. The van der Waals surface area contributed by atoms with Crippen LogP contribution in [0.25, 0.3) is 10.2 Å². The highest BCUT2D eigenvalue weighted by Crippen LogP contribution is 2.28. The van der Waals surface area contributed by atoms with Crippen molar-refractivity contribution >= 4 is 39.1 Å². The zero-order valence-corrected chi connectivity index (χ0v) is 18.2. The van der Waals surface area contributed by atoms with Crippen molar-refractivity contribution in [1.29, 1.82) is 0 Å². The molecule has 5 heteroatoms. The number of aryl methyl sites for hydroxylation is 1. The number of hydrogen-bond acceptors (Lipinski definition) is 2. The number of fused-ring (bicyclic) bond motifs is 1. The van der Waals surface area contributed by atoms with Crippen LogP contribution in [0.2, 0.25) is 5.02 Å². The third-order valence-electron chi connectivity index (χ3n) is 5.06. The molecule has 0 atom stereocenters. The second kappa shape index (κ2) is 8.82. The molecule has 0 spiro atoms. The van der Waals surface area contributed by atoms with Crippen LogP contribution in [0.3, 0.4) is 0 Å². The number of carbonyl (C=O) groups is 1. The smallest absolute Gasteiger partial charge is 0.260 e. The highest BCUT2D eigenvalue weighted by molar-refractivity contribution is 7.16. The molecule has 0 bridgehead atoms. The number of nitrogens with zero attached hydrogens (tertiary/aromatic N) is 2. The summed E-state index contributed by atoms with van der Waals surface area (Å²) in [6.07, 6.45) is 1.81. The maximum atomic E-state index is 13.5. The Labute approximate surface area is 184 Å². The summed E-state index contributed by atoms with van der Waals surface area (Å²) in [5, 5.41) is 0.697. The molecule has 1 amide bonds. The lowest BCUT2D eigenvalue weighted by Crippen LogP contribution is -2.20. The van der Waals surface area contributed by atoms with Gasteiger partial charge in [-0.1, -0.05) is 89.7 Å². The fourth-order valence-electron chi connectivity index (χ4n) is 3.63. The predicted molar refractivity (Wildman–Crippen MR) is 125 cm³/mol. The van der Waals surface area contributed by atoms with E-state index in [4.69, 9.17) is 11.6 Å². The largest absolute Gasteiger partial charge is 0.312 e. The van der Waals surface area contributed by atoms with Gasteiger partial charge < -0.3 is 4.57 Å². The molecule has 30 heavy (non-hydrogen) atoms. The molecule has 0 saturated carbocycles. The summed E-state index contributed by atoms with van der Waals surface area (Å²) in [5.74, 6) is -0.653.